The Bertz CT molecular complexity index is 709. The van der Waals surface area contributed by atoms with Gasteiger partial charge in [0, 0.05) is 23.6 Å². The van der Waals surface area contributed by atoms with Gasteiger partial charge in [-0.3, -0.25) is 9.78 Å². The average Bonchev–Trinajstić information content (AvgIpc) is 3.22. The predicted molar refractivity (Wildman–Crippen MR) is 75.5 cm³/mol. The van der Waals surface area contributed by atoms with Crippen LogP contribution in [0.15, 0.2) is 24.5 Å². The van der Waals surface area contributed by atoms with Gasteiger partial charge in [-0.25, -0.2) is 14.4 Å². The van der Waals surface area contributed by atoms with Crippen molar-refractivity contribution in [3.05, 3.63) is 46.9 Å². The molecule has 0 saturated heterocycles. The molecule has 2 heterocycles. The molecule has 108 valence electrons. The van der Waals surface area contributed by atoms with Crippen LogP contribution in [0, 0.1) is 18.7 Å². The van der Waals surface area contributed by atoms with Crippen molar-refractivity contribution in [1.29, 1.82) is 0 Å². The first-order valence-corrected chi connectivity index (χ1v) is 6.84. The van der Waals surface area contributed by atoms with Crippen LogP contribution >= 0.6 is 11.6 Å². The third-order valence-corrected chi connectivity index (χ3v) is 3.58. The van der Waals surface area contributed by atoms with E-state index in [9.17, 15) is 9.18 Å². The van der Waals surface area contributed by atoms with Crippen LogP contribution < -0.4 is 5.32 Å². The molecule has 0 aromatic carbocycles. The van der Waals surface area contributed by atoms with Gasteiger partial charge < -0.3 is 5.32 Å². The maximum atomic E-state index is 13.7. The lowest BCUT2D eigenvalue weighted by Gasteiger charge is -2.05. The smallest absolute Gasteiger partial charge is 0.229 e. The zero-order valence-corrected chi connectivity index (χ0v) is 11.9. The molecule has 3 rings (SSSR count). The quantitative estimate of drug-likeness (QED) is 0.885. The fourth-order valence-corrected chi connectivity index (χ4v) is 2.37. The zero-order valence-electron chi connectivity index (χ0n) is 11.2. The maximum Gasteiger partial charge on any atom is 0.229 e. The van der Waals surface area contributed by atoms with Gasteiger partial charge in [-0.15, -0.1) is 0 Å². The van der Waals surface area contributed by atoms with Crippen molar-refractivity contribution in [2.45, 2.75) is 19.3 Å². The number of carbonyl (C=O) groups is 1. The highest BCUT2D eigenvalue weighted by atomic mass is 35.5. The first kappa shape index (κ1) is 13.9. The second-order valence-electron chi connectivity index (χ2n) is 4.98. The third kappa shape index (κ3) is 3.00. The first-order chi connectivity index (χ1) is 10.0. The molecule has 1 saturated carbocycles. The van der Waals surface area contributed by atoms with Gasteiger partial charge in [0.2, 0.25) is 5.91 Å². The topological polar surface area (TPSA) is 67.8 Å². The van der Waals surface area contributed by atoms with E-state index >= 15 is 0 Å². The minimum Gasteiger partial charge on any atom is -0.310 e. The molecule has 0 unspecified atom stereocenters. The number of amides is 1. The molecule has 5 nitrogen and oxygen atoms in total. The van der Waals surface area contributed by atoms with Gasteiger partial charge in [-0.1, -0.05) is 11.6 Å². The Balaban J connectivity index is 1.70. The Morgan fingerprint density at radius 1 is 1.43 bits per heavy atom. The fourth-order valence-electron chi connectivity index (χ4n) is 2.23. The maximum absolute atomic E-state index is 13.7. The summed E-state index contributed by atoms with van der Waals surface area (Å²) in [5.41, 5.74) is 1.09. The predicted octanol–water partition coefficient (Wildman–Crippen LogP) is 2.71. The van der Waals surface area contributed by atoms with E-state index in [0.717, 1.165) is 5.69 Å². The van der Waals surface area contributed by atoms with Crippen LogP contribution in [-0.4, -0.2) is 20.9 Å². The minimum atomic E-state index is -0.369. The molecular weight excluding hydrogens is 295 g/mol. The van der Waals surface area contributed by atoms with Crippen LogP contribution in [0.3, 0.4) is 0 Å². The van der Waals surface area contributed by atoms with E-state index in [4.69, 9.17) is 11.6 Å². The Morgan fingerprint density at radius 3 is 3.00 bits per heavy atom. The molecule has 2 aromatic heterocycles. The molecular formula is C14H12ClFN4O. The highest BCUT2D eigenvalue weighted by molar-refractivity contribution is 6.29. The minimum absolute atomic E-state index is 0.179. The molecule has 0 radical (unpaired) electrons. The Hall–Kier alpha value is -2.08. The van der Waals surface area contributed by atoms with Gasteiger partial charge in [-0.05, 0) is 25.5 Å². The normalized spacial score (nSPS) is 20.1. The molecule has 1 aliphatic carbocycles. The van der Waals surface area contributed by atoms with E-state index in [1.54, 1.807) is 13.0 Å². The monoisotopic (exact) mass is 306 g/mol. The van der Waals surface area contributed by atoms with E-state index in [0.29, 0.717) is 17.9 Å². The van der Waals surface area contributed by atoms with Crippen LogP contribution in [-0.2, 0) is 4.79 Å². The Morgan fingerprint density at radius 2 is 2.24 bits per heavy atom. The summed E-state index contributed by atoms with van der Waals surface area (Å²) in [7, 11) is 0. The van der Waals surface area contributed by atoms with Crippen molar-refractivity contribution in [3.63, 3.8) is 0 Å². The molecule has 0 bridgehead atoms. The van der Waals surface area contributed by atoms with Crippen LogP contribution in [0.1, 0.15) is 23.7 Å². The standard InChI is InChI=1S/C14H12ClFN4O/c1-7-2-3-10(16)13(19-7)8-4-9(8)14(21)20-12-5-11(15)17-6-18-12/h2-3,5-6,8-9H,4H2,1H3,(H,17,18,20,21)/t8-,9-/m0/s1. The first-order valence-electron chi connectivity index (χ1n) is 6.46. The Kier molecular flexibility index (Phi) is 3.55. The van der Waals surface area contributed by atoms with Crippen molar-refractivity contribution in [1.82, 2.24) is 15.0 Å². The molecule has 0 aliphatic heterocycles. The number of aryl methyl sites for hydroxylation is 1. The van der Waals surface area contributed by atoms with Crippen LogP contribution in [0.4, 0.5) is 10.2 Å². The summed E-state index contributed by atoms with van der Waals surface area (Å²) in [6, 6.07) is 4.46. The van der Waals surface area contributed by atoms with Crippen molar-refractivity contribution in [3.8, 4) is 0 Å². The van der Waals surface area contributed by atoms with Gasteiger partial charge in [0.1, 0.15) is 23.1 Å². The number of aromatic nitrogens is 3. The largest absolute Gasteiger partial charge is 0.310 e. The molecule has 0 spiro atoms. The number of rotatable bonds is 3. The number of hydrogen-bond donors (Lipinski definition) is 1. The van der Waals surface area contributed by atoms with Gasteiger partial charge in [-0.2, -0.15) is 0 Å². The van der Waals surface area contributed by atoms with Crippen molar-refractivity contribution in [2.75, 3.05) is 5.32 Å². The van der Waals surface area contributed by atoms with E-state index in [-0.39, 0.29) is 28.7 Å². The highest BCUT2D eigenvalue weighted by Crippen LogP contribution is 2.48. The lowest BCUT2D eigenvalue weighted by atomic mass is 10.2. The van der Waals surface area contributed by atoms with Gasteiger partial charge in [0.15, 0.2) is 0 Å². The summed E-state index contributed by atoms with van der Waals surface area (Å²) >= 11 is 5.72. The van der Waals surface area contributed by atoms with E-state index in [1.807, 2.05) is 0 Å². The summed E-state index contributed by atoms with van der Waals surface area (Å²) in [5.74, 6) is -0.712. The van der Waals surface area contributed by atoms with Crippen LogP contribution in [0.2, 0.25) is 5.15 Å². The number of halogens is 2. The summed E-state index contributed by atoms with van der Waals surface area (Å²) in [4.78, 5) is 23.9. The van der Waals surface area contributed by atoms with Crippen LogP contribution in [0.5, 0.6) is 0 Å². The average molecular weight is 307 g/mol. The molecule has 21 heavy (non-hydrogen) atoms. The number of nitrogens with zero attached hydrogens (tertiary/aromatic N) is 3. The van der Waals surface area contributed by atoms with Crippen molar-refractivity contribution in [2.24, 2.45) is 5.92 Å². The molecule has 1 N–H and O–H groups in total. The summed E-state index contributed by atoms with van der Waals surface area (Å²) in [5, 5.41) is 2.90. The number of hydrogen-bond acceptors (Lipinski definition) is 4. The molecule has 1 amide bonds. The number of nitrogens with one attached hydrogen (secondary N) is 1. The summed E-state index contributed by atoms with van der Waals surface area (Å²) < 4.78 is 13.7. The van der Waals surface area contributed by atoms with Crippen LogP contribution in [0.25, 0.3) is 0 Å². The molecule has 1 aliphatic rings. The van der Waals surface area contributed by atoms with E-state index in [1.165, 1.54) is 18.5 Å². The SMILES string of the molecule is Cc1ccc(F)c([C@H]2C[C@@H]2C(=O)Nc2cc(Cl)ncn2)n1. The lowest BCUT2D eigenvalue weighted by Crippen LogP contribution is -2.16. The zero-order chi connectivity index (χ0) is 15.0. The lowest BCUT2D eigenvalue weighted by molar-refractivity contribution is -0.117. The molecule has 2 atom stereocenters. The van der Waals surface area contributed by atoms with Gasteiger partial charge in [0.25, 0.3) is 0 Å². The summed E-state index contributed by atoms with van der Waals surface area (Å²) in [6.07, 6.45) is 1.85. The molecule has 1 fully saturated rings. The van der Waals surface area contributed by atoms with Crippen molar-refractivity contribution >= 4 is 23.3 Å². The Labute approximate surface area is 125 Å². The second kappa shape index (κ2) is 5.37. The molecule has 7 heteroatoms. The number of anilines is 1. The fraction of sp³-hybridized carbons (Fsp3) is 0.286. The van der Waals surface area contributed by atoms with Gasteiger partial charge in [0.05, 0.1) is 5.69 Å². The third-order valence-electron chi connectivity index (χ3n) is 3.38. The van der Waals surface area contributed by atoms with Gasteiger partial charge >= 0.3 is 0 Å². The number of carbonyl (C=O) groups excluding carboxylic acids is 1. The van der Waals surface area contributed by atoms with E-state index in [2.05, 4.69) is 20.3 Å². The number of pyridine rings is 1. The summed E-state index contributed by atoms with van der Waals surface area (Å²) in [6.45, 7) is 1.79. The molecule has 2 aromatic rings. The second-order valence-corrected chi connectivity index (χ2v) is 5.37. The highest BCUT2D eigenvalue weighted by Gasteiger charge is 2.46. The van der Waals surface area contributed by atoms with Crippen molar-refractivity contribution < 1.29 is 9.18 Å². The van der Waals surface area contributed by atoms with E-state index < -0.39 is 0 Å².